The summed E-state index contributed by atoms with van der Waals surface area (Å²) < 4.78 is 0. The van der Waals surface area contributed by atoms with E-state index in [2.05, 4.69) is 0 Å². The fourth-order valence-electron chi connectivity index (χ4n) is 0.308. The first-order valence-electron chi connectivity index (χ1n) is 3.78. The number of carboxylic acid groups (broad SMARTS) is 2. The van der Waals surface area contributed by atoms with Crippen molar-refractivity contribution in [2.45, 2.75) is 18.2 Å². The van der Waals surface area contributed by atoms with Gasteiger partial charge in [-0.25, -0.2) is 0 Å². The van der Waals surface area contributed by atoms with Gasteiger partial charge in [-0.2, -0.15) is 0 Å². The summed E-state index contributed by atoms with van der Waals surface area (Å²) in [5.74, 6) is -1.39. The first-order valence-corrected chi connectivity index (χ1v) is 14.0. The van der Waals surface area contributed by atoms with Crippen molar-refractivity contribution in [2.24, 2.45) is 5.73 Å². The monoisotopic (exact) mass is 385 g/mol. The third kappa shape index (κ3) is 8.45. The Hall–Kier alpha value is 0.639. The molecule has 0 heterocycles. The van der Waals surface area contributed by atoms with Crippen LogP contribution in [0, 0.1) is 0 Å². The van der Waals surface area contributed by atoms with Crippen LogP contribution in [-0.4, -0.2) is 63.2 Å². The summed E-state index contributed by atoms with van der Waals surface area (Å²) in [7, 11) is 2.94. The van der Waals surface area contributed by atoms with Gasteiger partial charge in [0.2, 0.25) is 0 Å². The molecule has 9 heteroatoms. The van der Waals surface area contributed by atoms with E-state index in [0.717, 1.165) is 0 Å². The van der Waals surface area contributed by atoms with E-state index in [0.29, 0.717) is 5.75 Å². The summed E-state index contributed by atoms with van der Waals surface area (Å²) in [5.41, 5.74) is 5.30. The third-order valence-electron chi connectivity index (χ3n) is 1.17. The minimum atomic E-state index is -0.989. The molecule has 0 rings (SSSR count). The van der Waals surface area contributed by atoms with E-state index in [9.17, 15) is 9.59 Å². The van der Waals surface area contributed by atoms with E-state index in [4.69, 9.17) is 15.9 Å². The van der Waals surface area contributed by atoms with Crippen LogP contribution in [-0.2, 0) is 9.59 Å². The van der Waals surface area contributed by atoms with Gasteiger partial charge in [0, 0.05) is 0 Å². The molecule has 0 aliphatic rings. The van der Waals surface area contributed by atoms with Gasteiger partial charge in [0.25, 0.3) is 0 Å². The Bertz CT molecular complexity index is 209. The van der Waals surface area contributed by atoms with Crippen molar-refractivity contribution in [3.8, 4) is 0 Å². The molecular formula is C6H11NO4S2Se2. The zero-order valence-electron chi connectivity index (χ0n) is 7.78. The quantitative estimate of drug-likeness (QED) is 0.384. The molecule has 0 fully saturated rings. The topological polar surface area (TPSA) is 101 Å². The molecule has 88 valence electrons. The summed E-state index contributed by atoms with van der Waals surface area (Å²) in [6.07, 6.45) is 0. The van der Waals surface area contributed by atoms with Crippen LogP contribution in [0.4, 0.5) is 0 Å². The van der Waals surface area contributed by atoms with E-state index < -0.39 is 18.0 Å². The predicted octanol–water partition coefficient (Wildman–Crippen LogP) is -0.509. The van der Waals surface area contributed by atoms with E-state index in [1.54, 1.807) is 6.92 Å². The first kappa shape index (κ1) is 15.6. The van der Waals surface area contributed by atoms with Crippen molar-refractivity contribution in [3.05, 3.63) is 0 Å². The Labute approximate surface area is 105 Å². The van der Waals surface area contributed by atoms with E-state index in [1.165, 1.54) is 20.4 Å². The standard InChI is InChI=1S/C6H11NO4S2Se2/c1-3(5(8)9)13-15-14-12-2-4(7)6(10)11/h3-4H,2,7H2,1H3,(H,8,9)(H,10,11). The molecule has 0 aromatic heterocycles. The molecule has 0 aliphatic carbocycles. The summed E-state index contributed by atoms with van der Waals surface area (Å²) in [6, 6.07) is -0.811. The van der Waals surface area contributed by atoms with Gasteiger partial charge in [-0.05, 0) is 0 Å². The van der Waals surface area contributed by atoms with Gasteiger partial charge < -0.3 is 0 Å². The van der Waals surface area contributed by atoms with Gasteiger partial charge in [0.05, 0.1) is 0 Å². The second kappa shape index (κ2) is 8.75. The van der Waals surface area contributed by atoms with Gasteiger partial charge in [-0.1, -0.05) is 0 Å². The van der Waals surface area contributed by atoms with Crippen molar-refractivity contribution >= 4 is 56.3 Å². The number of carbonyl (C=O) groups is 2. The second-order valence-corrected chi connectivity index (χ2v) is 17.5. The molecule has 0 amide bonds. The summed E-state index contributed by atoms with van der Waals surface area (Å²) >= 11 is 0.460. The van der Waals surface area contributed by atoms with E-state index in [1.807, 2.05) is 0 Å². The van der Waals surface area contributed by atoms with E-state index in [-0.39, 0.29) is 29.3 Å². The Morgan fingerprint density at radius 1 is 1.33 bits per heavy atom. The number of hydrogen-bond acceptors (Lipinski definition) is 5. The second-order valence-electron chi connectivity index (χ2n) is 2.44. The van der Waals surface area contributed by atoms with Crippen LogP contribution in [0.1, 0.15) is 6.92 Å². The van der Waals surface area contributed by atoms with Crippen LogP contribution in [0.25, 0.3) is 0 Å². The third-order valence-corrected chi connectivity index (χ3v) is 18.5. The molecule has 0 aliphatic heterocycles. The summed E-state index contributed by atoms with van der Waals surface area (Å²) in [5, 5.41) is 16.7. The molecule has 0 aromatic rings. The first-order chi connectivity index (χ1) is 6.95. The maximum absolute atomic E-state index is 10.5. The number of aliphatic carboxylic acids is 2. The molecule has 0 spiro atoms. The normalized spacial score (nSPS) is 14.5. The number of carboxylic acids is 2. The Balaban J connectivity index is 3.40. The molecule has 0 saturated carbocycles. The SMILES string of the molecule is CC(S[Se][Se]SCC(N)C(=O)O)C(=O)O. The molecule has 4 N–H and O–H groups in total. The van der Waals surface area contributed by atoms with Gasteiger partial charge >= 0.3 is 106 Å². The molecule has 0 saturated heterocycles. The maximum atomic E-state index is 10.5. The fourth-order valence-corrected chi connectivity index (χ4v) is 17.7. The Morgan fingerprint density at radius 3 is 2.40 bits per heavy atom. The molecule has 5 nitrogen and oxygen atoms in total. The Morgan fingerprint density at radius 2 is 1.93 bits per heavy atom. The molecule has 2 atom stereocenters. The molecular weight excluding hydrogens is 372 g/mol. The molecule has 0 radical (unpaired) electrons. The van der Waals surface area contributed by atoms with Crippen molar-refractivity contribution in [2.75, 3.05) is 5.75 Å². The van der Waals surface area contributed by atoms with Gasteiger partial charge in [-0.15, -0.1) is 0 Å². The zero-order valence-corrected chi connectivity index (χ0v) is 12.8. The van der Waals surface area contributed by atoms with Crippen LogP contribution in [0.5, 0.6) is 0 Å². The van der Waals surface area contributed by atoms with Crippen molar-refractivity contribution in [1.29, 1.82) is 0 Å². The van der Waals surface area contributed by atoms with Crippen molar-refractivity contribution < 1.29 is 19.8 Å². The summed E-state index contributed by atoms with van der Waals surface area (Å²) in [4.78, 5) is 20.8. The average molecular weight is 383 g/mol. The van der Waals surface area contributed by atoms with Crippen LogP contribution in [0.15, 0.2) is 0 Å². The van der Waals surface area contributed by atoms with Crippen molar-refractivity contribution in [1.82, 2.24) is 0 Å². The van der Waals surface area contributed by atoms with Crippen LogP contribution >= 0.6 is 20.4 Å². The molecule has 0 bridgehead atoms. The molecule has 15 heavy (non-hydrogen) atoms. The van der Waals surface area contributed by atoms with Crippen LogP contribution in [0.2, 0.25) is 0 Å². The van der Waals surface area contributed by atoms with E-state index >= 15 is 0 Å². The number of nitrogens with two attached hydrogens (primary N) is 1. The van der Waals surface area contributed by atoms with Crippen LogP contribution in [0.3, 0.4) is 0 Å². The fraction of sp³-hybridized carbons (Fsp3) is 0.667. The number of rotatable bonds is 8. The van der Waals surface area contributed by atoms with Gasteiger partial charge in [-0.3, -0.25) is 0 Å². The molecule has 0 aromatic carbocycles. The predicted molar refractivity (Wildman–Crippen MR) is 64.3 cm³/mol. The summed E-state index contributed by atoms with van der Waals surface area (Å²) in [6.45, 7) is 1.65. The Kier molecular flexibility index (Phi) is 9.13. The van der Waals surface area contributed by atoms with Crippen molar-refractivity contribution in [3.63, 3.8) is 0 Å². The van der Waals surface area contributed by atoms with Crippen LogP contribution < -0.4 is 5.73 Å². The number of hydrogen-bond donors (Lipinski definition) is 3. The van der Waals surface area contributed by atoms with Gasteiger partial charge in [0.1, 0.15) is 0 Å². The van der Waals surface area contributed by atoms with Gasteiger partial charge in [0.15, 0.2) is 0 Å². The zero-order chi connectivity index (χ0) is 11.8. The average Bonchev–Trinajstić information content (AvgIpc) is 2.16. The minimum absolute atomic E-state index is 0.216. The molecule has 2 unspecified atom stereocenters.